The number of pyridine rings is 1. The quantitative estimate of drug-likeness (QED) is 0.236. The predicted molar refractivity (Wildman–Crippen MR) is 136 cm³/mol. The van der Waals surface area contributed by atoms with Crippen LogP contribution in [0, 0.1) is 0 Å². The highest BCUT2D eigenvalue weighted by Crippen LogP contribution is 2.47. The number of nitrogens with one attached hydrogen (secondary N) is 2. The lowest BCUT2D eigenvalue weighted by molar-refractivity contribution is -0.141. The Morgan fingerprint density at radius 3 is 2.59 bits per heavy atom. The Morgan fingerprint density at radius 1 is 1.22 bits per heavy atom. The Kier molecular flexibility index (Phi) is 8.89. The minimum Gasteiger partial charge on any atom is -0.480 e. The molecular formula is C24H24F2N5O9P. The third-order valence-corrected chi connectivity index (χ3v) is 7.37. The summed E-state index contributed by atoms with van der Waals surface area (Å²) in [5.74, 6) is -6.32. The molecule has 17 heteroatoms. The molecule has 1 unspecified atom stereocenters. The van der Waals surface area contributed by atoms with Crippen LogP contribution in [0.15, 0.2) is 71.9 Å². The number of aromatic nitrogens is 3. The molecule has 4 rings (SSSR count). The lowest BCUT2D eigenvalue weighted by Gasteiger charge is -2.23. The summed E-state index contributed by atoms with van der Waals surface area (Å²) in [4.78, 5) is 43.5. The molecule has 1 aliphatic heterocycles. The molecule has 3 aromatic rings. The molecule has 0 radical (unpaired) electrons. The molecule has 2 aromatic heterocycles. The number of anilines is 1. The van der Waals surface area contributed by atoms with Crippen LogP contribution in [0.25, 0.3) is 0 Å². The number of amides is 1. The van der Waals surface area contributed by atoms with Crippen molar-refractivity contribution in [3.8, 4) is 5.75 Å². The second kappa shape index (κ2) is 12.2. The van der Waals surface area contributed by atoms with Crippen LogP contribution in [0.2, 0.25) is 0 Å². The maximum atomic E-state index is 15.0. The highest BCUT2D eigenvalue weighted by atomic mass is 31.2. The smallest absolute Gasteiger partial charge is 0.459 e. The van der Waals surface area contributed by atoms with Crippen LogP contribution in [-0.2, 0) is 18.6 Å². The molecule has 1 saturated heterocycles. The first-order chi connectivity index (χ1) is 19.4. The summed E-state index contributed by atoms with van der Waals surface area (Å²) >= 11 is 0. The molecule has 14 nitrogen and oxygen atoms in total. The van der Waals surface area contributed by atoms with E-state index in [0.717, 1.165) is 19.2 Å². The van der Waals surface area contributed by atoms with Crippen LogP contribution < -0.4 is 20.6 Å². The van der Waals surface area contributed by atoms with Crippen molar-refractivity contribution in [2.75, 3.05) is 11.9 Å². The first-order valence-electron chi connectivity index (χ1n) is 11.9. The summed E-state index contributed by atoms with van der Waals surface area (Å²) in [6, 6.07) is 10.1. The van der Waals surface area contributed by atoms with E-state index in [9.17, 15) is 29.2 Å². The molecule has 1 fully saturated rings. The zero-order valence-electron chi connectivity index (χ0n) is 21.2. The number of carbonyl (C=O) groups is 2. The third kappa shape index (κ3) is 6.99. The topological polar surface area (TPSA) is 191 Å². The summed E-state index contributed by atoms with van der Waals surface area (Å²) < 4.78 is 59.5. The molecule has 41 heavy (non-hydrogen) atoms. The van der Waals surface area contributed by atoms with Crippen LogP contribution in [0.4, 0.5) is 14.6 Å². The van der Waals surface area contributed by atoms with Gasteiger partial charge in [0.05, 0.1) is 12.2 Å². The second-order valence-electron chi connectivity index (χ2n) is 8.73. The number of carboxylic acid groups (broad SMARTS) is 1. The number of rotatable bonds is 11. The average molecular weight is 595 g/mol. The largest absolute Gasteiger partial charge is 0.480 e. The van der Waals surface area contributed by atoms with E-state index in [2.05, 4.69) is 20.4 Å². The molecule has 4 N–H and O–H groups in total. The monoisotopic (exact) mass is 595 g/mol. The van der Waals surface area contributed by atoms with E-state index in [1.807, 2.05) is 0 Å². The molecule has 0 spiro atoms. The van der Waals surface area contributed by atoms with Gasteiger partial charge < -0.3 is 24.8 Å². The number of aliphatic hydroxyl groups excluding tert-OH is 1. The number of ether oxygens (including phenoxy) is 1. The van der Waals surface area contributed by atoms with E-state index in [1.165, 1.54) is 48.8 Å². The van der Waals surface area contributed by atoms with Gasteiger partial charge in [-0.25, -0.2) is 9.36 Å². The molecule has 5 atom stereocenters. The number of aliphatic hydroxyl groups is 1. The number of para-hydroxylation sites is 1. The standard InChI is InChI=1S/C24H24F2N5O9P/c1-14(21(34)35)30-41(37,40-16-7-3-2-4-8-16)38-13-17-19(32)24(25,26)22(39-17)31-11-9-18(29-23(31)36)28-20(33)15-6-5-10-27-12-15/h2-12,14,17,19,22,32H,13H2,1H3,(H,30,37)(H,34,35)(H,28,29,33,36)/t14?,17-,19-,22-,41+/m1/s1. The fourth-order valence-corrected chi connectivity index (χ4v) is 5.13. The summed E-state index contributed by atoms with van der Waals surface area (Å²) in [7, 11) is -4.51. The Bertz CT molecular complexity index is 1500. The Labute approximate surface area is 230 Å². The van der Waals surface area contributed by atoms with Gasteiger partial charge in [0.1, 0.15) is 23.7 Å². The normalized spacial score (nSPS) is 21.9. The lowest BCUT2D eigenvalue weighted by Crippen LogP contribution is -2.42. The van der Waals surface area contributed by atoms with E-state index in [-0.39, 0.29) is 17.1 Å². The first kappa shape index (κ1) is 29.9. The fourth-order valence-electron chi connectivity index (χ4n) is 3.63. The number of nitrogens with zero attached hydrogens (tertiary/aromatic N) is 3. The van der Waals surface area contributed by atoms with Crippen molar-refractivity contribution in [3.05, 3.63) is 83.2 Å². The molecule has 3 heterocycles. The van der Waals surface area contributed by atoms with Gasteiger partial charge in [-0.3, -0.25) is 23.7 Å². The van der Waals surface area contributed by atoms with Crippen molar-refractivity contribution in [1.29, 1.82) is 0 Å². The predicted octanol–water partition coefficient (Wildman–Crippen LogP) is 2.05. The molecule has 1 amide bonds. The summed E-state index contributed by atoms with van der Waals surface area (Å²) in [6.45, 7) is 0.207. The average Bonchev–Trinajstić information content (AvgIpc) is 3.16. The molecule has 218 valence electrons. The zero-order valence-corrected chi connectivity index (χ0v) is 22.1. The summed E-state index contributed by atoms with van der Waals surface area (Å²) in [5, 5.41) is 24.0. The third-order valence-electron chi connectivity index (χ3n) is 5.73. The Hall–Kier alpha value is -4.08. The van der Waals surface area contributed by atoms with Gasteiger partial charge in [0.25, 0.3) is 5.91 Å². The summed E-state index contributed by atoms with van der Waals surface area (Å²) in [5.41, 5.74) is -1.07. The van der Waals surface area contributed by atoms with Crippen molar-refractivity contribution >= 4 is 25.4 Å². The second-order valence-corrected chi connectivity index (χ2v) is 10.4. The SMILES string of the molecule is CC(N[P@](=O)(OC[C@H]1O[C@@H](n2ccc(NC(=O)c3cccnc3)nc2=O)C(F)(F)[C@@H]1O)Oc1ccccc1)C(=O)O. The van der Waals surface area contributed by atoms with Crippen LogP contribution in [0.1, 0.15) is 23.5 Å². The van der Waals surface area contributed by atoms with Crippen molar-refractivity contribution < 1.29 is 46.9 Å². The number of halogens is 2. The van der Waals surface area contributed by atoms with Gasteiger partial charge in [0, 0.05) is 18.6 Å². The van der Waals surface area contributed by atoms with Crippen molar-refractivity contribution in [2.24, 2.45) is 0 Å². The van der Waals surface area contributed by atoms with E-state index in [4.69, 9.17) is 13.8 Å². The van der Waals surface area contributed by atoms with E-state index >= 15 is 8.78 Å². The molecule has 0 aliphatic carbocycles. The van der Waals surface area contributed by atoms with Crippen LogP contribution in [-0.4, -0.2) is 67.4 Å². The van der Waals surface area contributed by atoms with Gasteiger partial charge in [0.2, 0.25) is 6.23 Å². The zero-order chi connectivity index (χ0) is 29.8. The maximum absolute atomic E-state index is 15.0. The van der Waals surface area contributed by atoms with Crippen LogP contribution in [0.3, 0.4) is 0 Å². The molecule has 0 saturated carbocycles. The Balaban J connectivity index is 1.49. The van der Waals surface area contributed by atoms with E-state index in [0.29, 0.717) is 4.57 Å². The van der Waals surface area contributed by atoms with E-state index < -0.39 is 62.3 Å². The van der Waals surface area contributed by atoms with Crippen molar-refractivity contribution in [2.45, 2.75) is 37.3 Å². The number of aliphatic carboxylic acids is 1. The highest BCUT2D eigenvalue weighted by Gasteiger charge is 2.60. The number of hydrogen-bond acceptors (Lipinski definition) is 10. The minimum absolute atomic E-state index is 0.0188. The molecule has 1 aliphatic rings. The van der Waals surface area contributed by atoms with Gasteiger partial charge in [-0.15, -0.1) is 0 Å². The number of hydrogen-bond donors (Lipinski definition) is 4. The van der Waals surface area contributed by atoms with Gasteiger partial charge in [0.15, 0.2) is 6.10 Å². The highest BCUT2D eigenvalue weighted by molar-refractivity contribution is 7.52. The maximum Gasteiger partial charge on any atom is 0.459 e. The van der Waals surface area contributed by atoms with Gasteiger partial charge >= 0.3 is 25.3 Å². The number of alkyl halides is 2. The van der Waals surface area contributed by atoms with Crippen LogP contribution >= 0.6 is 7.75 Å². The number of benzene rings is 1. The summed E-state index contributed by atoms with van der Waals surface area (Å²) in [6.07, 6.45) is -3.11. The molecular weight excluding hydrogens is 571 g/mol. The number of carbonyl (C=O) groups excluding carboxylic acids is 1. The van der Waals surface area contributed by atoms with Gasteiger partial charge in [-0.1, -0.05) is 18.2 Å². The number of carboxylic acids is 1. The van der Waals surface area contributed by atoms with E-state index in [1.54, 1.807) is 6.07 Å². The first-order valence-corrected chi connectivity index (χ1v) is 13.5. The fraction of sp³-hybridized carbons (Fsp3) is 0.292. The van der Waals surface area contributed by atoms with Gasteiger partial charge in [-0.05, 0) is 37.3 Å². The van der Waals surface area contributed by atoms with Crippen molar-refractivity contribution in [3.63, 3.8) is 0 Å². The lowest BCUT2D eigenvalue weighted by atomic mass is 10.1. The molecule has 1 aromatic carbocycles. The van der Waals surface area contributed by atoms with Gasteiger partial charge in [-0.2, -0.15) is 18.9 Å². The Morgan fingerprint density at radius 2 is 1.95 bits per heavy atom. The van der Waals surface area contributed by atoms with Crippen molar-refractivity contribution in [1.82, 2.24) is 19.6 Å². The minimum atomic E-state index is -4.51. The molecule has 0 bridgehead atoms. The van der Waals surface area contributed by atoms with Crippen LogP contribution in [0.5, 0.6) is 5.75 Å².